The average Bonchev–Trinajstić information content (AvgIpc) is 2.35. The minimum atomic E-state index is -0.551. The number of hydrogen-bond donors (Lipinski definition) is 2. The van der Waals surface area contributed by atoms with Crippen molar-refractivity contribution < 1.29 is 9.90 Å². The molecule has 1 amide bonds. The van der Waals surface area contributed by atoms with E-state index in [4.69, 9.17) is 17.3 Å². The standard InChI is InChI=1S/C12H10ClN3O3S/c13-7-2-1-3-8(4-7)16-11(19)5-10(18)15-12(16)20-6-9(14)17/h1-5,18H,6H2,(H2,14,17). The second-order valence-corrected chi connectivity index (χ2v) is 5.18. The maximum Gasteiger partial charge on any atom is 0.262 e. The molecule has 20 heavy (non-hydrogen) atoms. The molecule has 0 aliphatic rings. The van der Waals surface area contributed by atoms with Crippen LogP contribution in [0.15, 0.2) is 40.3 Å². The number of amides is 1. The number of nitrogens with zero attached hydrogens (tertiary/aromatic N) is 2. The van der Waals surface area contributed by atoms with Gasteiger partial charge in [0.2, 0.25) is 11.8 Å². The highest BCUT2D eigenvalue weighted by molar-refractivity contribution is 7.99. The van der Waals surface area contributed by atoms with E-state index in [9.17, 15) is 14.7 Å². The largest absolute Gasteiger partial charge is 0.493 e. The third-order valence-corrected chi connectivity index (χ3v) is 3.48. The molecule has 0 aliphatic carbocycles. The lowest BCUT2D eigenvalue weighted by Gasteiger charge is -2.11. The van der Waals surface area contributed by atoms with Crippen molar-refractivity contribution in [3.63, 3.8) is 0 Å². The second kappa shape index (κ2) is 5.98. The zero-order valence-corrected chi connectivity index (χ0v) is 11.7. The van der Waals surface area contributed by atoms with Crippen molar-refractivity contribution in [1.29, 1.82) is 0 Å². The Morgan fingerprint density at radius 3 is 2.85 bits per heavy atom. The lowest BCUT2D eigenvalue weighted by molar-refractivity contribution is -0.115. The summed E-state index contributed by atoms with van der Waals surface area (Å²) in [5.41, 5.74) is 5.08. The molecule has 1 aromatic carbocycles. The van der Waals surface area contributed by atoms with Crippen LogP contribution in [0.4, 0.5) is 0 Å². The minimum Gasteiger partial charge on any atom is -0.493 e. The van der Waals surface area contributed by atoms with Gasteiger partial charge in [-0.25, -0.2) is 0 Å². The molecule has 0 atom stereocenters. The third kappa shape index (κ3) is 3.31. The number of aromatic hydroxyl groups is 1. The molecule has 0 radical (unpaired) electrons. The topological polar surface area (TPSA) is 98.2 Å². The fourth-order valence-electron chi connectivity index (χ4n) is 1.53. The molecule has 1 heterocycles. The maximum absolute atomic E-state index is 12.0. The van der Waals surface area contributed by atoms with Crippen molar-refractivity contribution in [3.05, 3.63) is 45.7 Å². The smallest absolute Gasteiger partial charge is 0.262 e. The Balaban J connectivity index is 2.55. The molecule has 0 aliphatic heterocycles. The third-order valence-electron chi connectivity index (χ3n) is 2.28. The first-order chi connectivity index (χ1) is 9.47. The van der Waals surface area contributed by atoms with Crippen LogP contribution in [0.5, 0.6) is 5.88 Å². The number of thioether (sulfide) groups is 1. The number of hydrogen-bond acceptors (Lipinski definition) is 5. The Morgan fingerprint density at radius 2 is 2.20 bits per heavy atom. The van der Waals surface area contributed by atoms with Gasteiger partial charge in [0.05, 0.1) is 17.5 Å². The Bertz CT molecular complexity index is 717. The van der Waals surface area contributed by atoms with E-state index in [2.05, 4.69) is 4.98 Å². The Kier molecular flexibility index (Phi) is 4.31. The van der Waals surface area contributed by atoms with E-state index in [1.165, 1.54) is 4.57 Å². The van der Waals surface area contributed by atoms with Crippen molar-refractivity contribution in [2.45, 2.75) is 5.16 Å². The molecule has 3 N–H and O–H groups in total. The van der Waals surface area contributed by atoms with E-state index in [1.54, 1.807) is 24.3 Å². The van der Waals surface area contributed by atoms with Crippen LogP contribution in [0.2, 0.25) is 5.02 Å². The summed E-state index contributed by atoms with van der Waals surface area (Å²) >= 11 is 6.85. The van der Waals surface area contributed by atoms with Crippen LogP contribution < -0.4 is 11.3 Å². The number of halogens is 1. The van der Waals surface area contributed by atoms with Gasteiger partial charge in [0, 0.05) is 5.02 Å². The fourth-order valence-corrected chi connectivity index (χ4v) is 2.47. The van der Waals surface area contributed by atoms with Gasteiger partial charge in [-0.15, -0.1) is 0 Å². The quantitative estimate of drug-likeness (QED) is 0.652. The Morgan fingerprint density at radius 1 is 1.45 bits per heavy atom. The highest BCUT2D eigenvalue weighted by Crippen LogP contribution is 2.21. The molecule has 0 saturated carbocycles. The SMILES string of the molecule is NC(=O)CSc1nc(O)cc(=O)n1-c1cccc(Cl)c1. The molecule has 0 fully saturated rings. The zero-order chi connectivity index (χ0) is 14.7. The lowest BCUT2D eigenvalue weighted by atomic mass is 10.3. The van der Waals surface area contributed by atoms with E-state index >= 15 is 0 Å². The summed E-state index contributed by atoms with van der Waals surface area (Å²) in [6.07, 6.45) is 0. The molecule has 2 rings (SSSR count). The summed E-state index contributed by atoms with van der Waals surface area (Å²) in [7, 11) is 0. The van der Waals surface area contributed by atoms with Gasteiger partial charge in [-0.3, -0.25) is 14.2 Å². The molecule has 1 aromatic heterocycles. The van der Waals surface area contributed by atoms with Gasteiger partial charge < -0.3 is 10.8 Å². The van der Waals surface area contributed by atoms with Crippen LogP contribution in [-0.4, -0.2) is 26.3 Å². The van der Waals surface area contributed by atoms with E-state index in [1.807, 2.05) is 0 Å². The first-order valence-electron chi connectivity index (χ1n) is 5.47. The molecule has 6 nitrogen and oxygen atoms in total. The number of carbonyl (C=O) groups excluding carboxylic acids is 1. The molecule has 0 unspecified atom stereocenters. The van der Waals surface area contributed by atoms with E-state index in [0.717, 1.165) is 17.8 Å². The first kappa shape index (κ1) is 14.4. The van der Waals surface area contributed by atoms with Crippen molar-refractivity contribution in [2.24, 2.45) is 5.73 Å². The predicted molar refractivity (Wildman–Crippen MR) is 76.4 cm³/mol. The van der Waals surface area contributed by atoms with Gasteiger partial charge in [-0.05, 0) is 18.2 Å². The highest BCUT2D eigenvalue weighted by atomic mass is 35.5. The van der Waals surface area contributed by atoms with Gasteiger partial charge in [0.15, 0.2) is 5.16 Å². The van der Waals surface area contributed by atoms with Gasteiger partial charge in [-0.2, -0.15) is 4.98 Å². The monoisotopic (exact) mass is 311 g/mol. The van der Waals surface area contributed by atoms with Crippen LogP contribution in [0.1, 0.15) is 0 Å². The van der Waals surface area contributed by atoms with E-state index < -0.39 is 17.3 Å². The highest BCUT2D eigenvalue weighted by Gasteiger charge is 2.12. The summed E-state index contributed by atoms with van der Waals surface area (Å²) in [6.45, 7) is 0. The van der Waals surface area contributed by atoms with Gasteiger partial charge in [0.1, 0.15) is 0 Å². The molecular weight excluding hydrogens is 302 g/mol. The molecule has 2 aromatic rings. The molecular formula is C12H10ClN3O3S. The van der Waals surface area contributed by atoms with Crippen LogP contribution >= 0.6 is 23.4 Å². The molecule has 0 spiro atoms. The summed E-state index contributed by atoms with van der Waals surface area (Å²) in [6, 6.07) is 7.57. The Labute approximate surface area is 123 Å². The Hall–Kier alpha value is -1.99. The number of nitrogens with two attached hydrogens (primary N) is 1. The van der Waals surface area contributed by atoms with Gasteiger partial charge in [0.25, 0.3) is 5.56 Å². The summed E-state index contributed by atoms with van der Waals surface area (Å²) in [5.74, 6) is -1.03. The van der Waals surface area contributed by atoms with Crippen molar-refractivity contribution in [3.8, 4) is 11.6 Å². The van der Waals surface area contributed by atoms with Crippen molar-refractivity contribution in [2.75, 3.05) is 5.75 Å². The molecule has 104 valence electrons. The number of benzene rings is 1. The number of aromatic nitrogens is 2. The fraction of sp³-hybridized carbons (Fsp3) is 0.0833. The molecule has 0 bridgehead atoms. The summed E-state index contributed by atoms with van der Waals surface area (Å²) < 4.78 is 1.25. The summed E-state index contributed by atoms with van der Waals surface area (Å²) in [5, 5.41) is 10.0. The summed E-state index contributed by atoms with van der Waals surface area (Å²) in [4.78, 5) is 26.7. The van der Waals surface area contributed by atoms with Crippen LogP contribution in [0, 0.1) is 0 Å². The number of rotatable bonds is 4. The maximum atomic E-state index is 12.0. The second-order valence-electron chi connectivity index (χ2n) is 3.81. The normalized spacial score (nSPS) is 10.4. The number of carbonyl (C=O) groups is 1. The predicted octanol–water partition coefficient (Wildman–Crippen LogP) is 1.17. The first-order valence-corrected chi connectivity index (χ1v) is 6.84. The van der Waals surface area contributed by atoms with Crippen LogP contribution in [-0.2, 0) is 4.79 Å². The molecule has 8 heteroatoms. The molecule has 0 saturated heterocycles. The minimum absolute atomic E-state index is 0.0591. The zero-order valence-electron chi connectivity index (χ0n) is 10.1. The van der Waals surface area contributed by atoms with Crippen molar-refractivity contribution >= 4 is 29.3 Å². The van der Waals surface area contributed by atoms with Crippen LogP contribution in [0.25, 0.3) is 5.69 Å². The lowest BCUT2D eigenvalue weighted by Crippen LogP contribution is -2.21. The van der Waals surface area contributed by atoms with Crippen LogP contribution in [0.3, 0.4) is 0 Å². The number of primary amides is 1. The van der Waals surface area contributed by atoms with E-state index in [-0.39, 0.29) is 10.9 Å². The van der Waals surface area contributed by atoms with E-state index in [0.29, 0.717) is 10.7 Å². The van der Waals surface area contributed by atoms with Gasteiger partial charge >= 0.3 is 0 Å². The average molecular weight is 312 g/mol. The van der Waals surface area contributed by atoms with Gasteiger partial charge in [-0.1, -0.05) is 29.4 Å². The van der Waals surface area contributed by atoms with Crippen molar-refractivity contribution in [1.82, 2.24) is 9.55 Å².